The largest absolute Gasteiger partial charge is 0.491 e. The number of rotatable bonds is 2. The van der Waals surface area contributed by atoms with Crippen LogP contribution in [-0.2, 0) is 4.79 Å². The van der Waals surface area contributed by atoms with Crippen molar-refractivity contribution in [1.29, 1.82) is 0 Å². The molecule has 23 heavy (non-hydrogen) atoms. The first kappa shape index (κ1) is 15.1. The summed E-state index contributed by atoms with van der Waals surface area (Å²) in [5.74, 6) is 0.450. The van der Waals surface area contributed by atoms with Crippen molar-refractivity contribution in [2.24, 2.45) is 0 Å². The standard InChI is InChI=1S/C18H18N2O3/c1-12-3-5-13(6-4-12)18(22)19-14-7-8-16-15(11-14)20(2)17(21)9-10-23-16/h3-8,11H,9-10H2,1-2H3,(H,19,22). The van der Waals surface area contributed by atoms with Crippen molar-refractivity contribution in [3.05, 3.63) is 53.6 Å². The van der Waals surface area contributed by atoms with Crippen LogP contribution in [0.2, 0.25) is 0 Å². The summed E-state index contributed by atoms with van der Waals surface area (Å²) in [6.45, 7) is 2.34. The van der Waals surface area contributed by atoms with Gasteiger partial charge < -0.3 is 15.0 Å². The Morgan fingerprint density at radius 3 is 2.65 bits per heavy atom. The summed E-state index contributed by atoms with van der Waals surface area (Å²) in [4.78, 5) is 25.8. The van der Waals surface area contributed by atoms with Gasteiger partial charge in [-0.3, -0.25) is 9.59 Å². The van der Waals surface area contributed by atoms with Crippen molar-refractivity contribution in [2.75, 3.05) is 23.9 Å². The maximum Gasteiger partial charge on any atom is 0.255 e. The van der Waals surface area contributed by atoms with Gasteiger partial charge in [-0.15, -0.1) is 0 Å². The molecule has 3 rings (SSSR count). The summed E-state index contributed by atoms with van der Waals surface area (Å²) in [6, 6.07) is 12.7. The van der Waals surface area contributed by atoms with Gasteiger partial charge in [0.15, 0.2) is 0 Å². The molecule has 0 saturated carbocycles. The molecule has 118 valence electrons. The number of carbonyl (C=O) groups is 2. The van der Waals surface area contributed by atoms with Gasteiger partial charge >= 0.3 is 0 Å². The maximum atomic E-state index is 12.3. The van der Waals surface area contributed by atoms with E-state index in [4.69, 9.17) is 4.74 Å². The van der Waals surface area contributed by atoms with Crippen LogP contribution in [0.5, 0.6) is 5.75 Å². The predicted molar refractivity (Wildman–Crippen MR) is 89.1 cm³/mol. The number of anilines is 2. The molecule has 0 spiro atoms. The van der Waals surface area contributed by atoms with E-state index in [9.17, 15) is 9.59 Å². The van der Waals surface area contributed by atoms with Crippen molar-refractivity contribution in [3.8, 4) is 5.75 Å². The van der Waals surface area contributed by atoms with Crippen molar-refractivity contribution in [3.63, 3.8) is 0 Å². The Morgan fingerprint density at radius 2 is 1.91 bits per heavy atom. The Bertz CT molecular complexity index is 753. The minimum Gasteiger partial charge on any atom is -0.491 e. The molecule has 2 aromatic rings. The van der Waals surface area contributed by atoms with Crippen molar-refractivity contribution in [1.82, 2.24) is 0 Å². The number of benzene rings is 2. The highest BCUT2D eigenvalue weighted by Gasteiger charge is 2.20. The van der Waals surface area contributed by atoms with Crippen LogP contribution >= 0.6 is 0 Å². The fraction of sp³-hybridized carbons (Fsp3) is 0.222. The first-order valence-electron chi connectivity index (χ1n) is 7.46. The quantitative estimate of drug-likeness (QED) is 0.927. The van der Waals surface area contributed by atoms with Crippen LogP contribution in [0.25, 0.3) is 0 Å². The van der Waals surface area contributed by atoms with E-state index < -0.39 is 0 Å². The van der Waals surface area contributed by atoms with Crippen molar-refractivity contribution in [2.45, 2.75) is 13.3 Å². The lowest BCUT2D eigenvalue weighted by Crippen LogP contribution is -2.25. The van der Waals surface area contributed by atoms with Crippen LogP contribution in [-0.4, -0.2) is 25.5 Å². The Labute approximate surface area is 134 Å². The van der Waals surface area contributed by atoms with Gasteiger partial charge in [-0.1, -0.05) is 17.7 Å². The molecule has 1 N–H and O–H groups in total. The smallest absolute Gasteiger partial charge is 0.255 e. The van der Waals surface area contributed by atoms with Crippen LogP contribution in [0.4, 0.5) is 11.4 Å². The molecule has 0 bridgehead atoms. The van der Waals surface area contributed by atoms with Gasteiger partial charge in [0, 0.05) is 18.3 Å². The second-order valence-corrected chi connectivity index (χ2v) is 5.55. The number of nitrogens with zero attached hydrogens (tertiary/aromatic N) is 1. The van der Waals surface area contributed by atoms with Gasteiger partial charge in [-0.25, -0.2) is 0 Å². The number of ether oxygens (including phenoxy) is 1. The van der Waals surface area contributed by atoms with Gasteiger partial charge in [-0.05, 0) is 37.3 Å². The lowest BCUT2D eigenvalue weighted by atomic mass is 10.1. The Balaban J connectivity index is 1.84. The molecule has 5 nitrogen and oxygen atoms in total. The Morgan fingerprint density at radius 1 is 1.17 bits per heavy atom. The first-order valence-corrected chi connectivity index (χ1v) is 7.46. The van der Waals surface area contributed by atoms with Gasteiger partial charge in [0.25, 0.3) is 5.91 Å². The highest BCUT2D eigenvalue weighted by Crippen LogP contribution is 2.33. The number of fused-ring (bicyclic) bond motifs is 1. The van der Waals surface area contributed by atoms with Gasteiger partial charge in [-0.2, -0.15) is 0 Å². The first-order chi connectivity index (χ1) is 11.0. The lowest BCUT2D eigenvalue weighted by molar-refractivity contribution is -0.118. The maximum absolute atomic E-state index is 12.3. The second-order valence-electron chi connectivity index (χ2n) is 5.55. The van der Waals surface area contributed by atoms with Crippen LogP contribution < -0.4 is 15.0 Å². The lowest BCUT2D eigenvalue weighted by Gasteiger charge is -2.17. The van der Waals surface area contributed by atoms with Crippen LogP contribution in [0, 0.1) is 6.92 Å². The average molecular weight is 310 g/mol. The topological polar surface area (TPSA) is 58.6 Å². The van der Waals surface area contributed by atoms with E-state index in [1.54, 1.807) is 42.3 Å². The van der Waals surface area contributed by atoms with Crippen LogP contribution in [0.15, 0.2) is 42.5 Å². The molecule has 5 heteroatoms. The normalized spacial score (nSPS) is 13.8. The molecule has 2 amide bonds. The van der Waals surface area contributed by atoms with Crippen LogP contribution in [0.3, 0.4) is 0 Å². The Hall–Kier alpha value is -2.82. The van der Waals surface area contributed by atoms with Gasteiger partial charge in [0.1, 0.15) is 5.75 Å². The minimum absolute atomic E-state index is 0.00855. The highest BCUT2D eigenvalue weighted by atomic mass is 16.5. The summed E-state index contributed by atoms with van der Waals surface area (Å²) in [5.41, 5.74) is 2.98. The van der Waals surface area contributed by atoms with Crippen molar-refractivity contribution >= 4 is 23.2 Å². The monoisotopic (exact) mass is 310 g/mol. The van der Waals surface area contributed by atoms with Gasteiger partial charge in [0.05, 0.1) is 18.7 Å². The van der Waals surface area contributed by atoms with E-state index >= 15 is 0 Å². The van der Waals surface area contributed by atoms with Gasteiger partial charge in [0.2, 0.25) is 5.91 Å². The van der Waals surface area contributed by atoms with E-state index in [0.717, 1.165) is 5.56 Å². The molecule has 0 aromatic heterocycles. The zero-order valence-corrected chi connectivity index (χ0v) is 13.1. The fourth-order valence-electron chi connectivity index (χ4n) is 2.44. The van der Waals surface area contributed by atoms with E-state index in [1.165, 1.54) is 0 Å². The van der Waals surface area contributed by atoms with E-state index in [0.29, 0.717) is 35.7 Å². The molecule has 2 aromatic carbocycles. The summed E-state index contributed by atoms with van der Waals surface area (Å²) in [7, 11) is 1.71. The number of carbonyl (C=O) groups excluding carboxylic acids is 2. The zero-order valence-electron chi connectivity index (χ0n) is 13.1. The van der Waals surface area contributed by atoms with E-state index in [2.05, 4.69) is 5.32 Å². The summed E-state index contributed by atoms with van der Waals surface area (Å²) < 4.78 is 5.57. The number of nitrogens with one attached hydrogen (secondary N) is 1. The zero-order chi connectivity index (χ0) is 16.4. The summed E-state index contributed by atoms with van der Waals surface area (Å²) in [6.07, 6.45) is 0.343. The molecule has 0 saturated heterocycles. The highest BCUT2D eigenvalue weighted by molar-refractivity contribution is 6.05. The number of aryl methyl sites for hydroxylation is 1. The second kappa shape index (κ2) is 6.12. The Kier molecular flexibility index (Phi) is 4.02. The van der Waals surface area contributed by atoms with E-state index in [1.807, 2.05) is 19.1 Å². The number of hydrogen-bond donors (Lipinski definition) is 1. The summed E-state index contributed by atoms with van der Waals surface area (Å²) >= 11 is 0. The molecule has 0 aliphatic carbocycles. The number of hydrogen-bond acceptors (Lipinski definition) is 3. The molecule has 0 radical (unpaired) electrons. The number of amides is 2. The SMILES string of the molecule is Cc1ccc(C(=O)Nc2ccc3c(c2)N(C)C(=O)CCO3)cc1. The fourth-order valence-corrected chi connectivity index (χ4v) is 2.44. The molecular weight excluding hydrogens is 292 g/mol. The van der Waals surface area contributed by atoms with Crippen molar-refractivity contribution < 1.29 is 14.3 Å². The molecule has 0 atom stereocenters. The molecule has 1 aliphatic heterocycles. The third-order valence-electron chi connectivity index (χ3n) is 3.84. The van der Waals surface area contributed by atoms with Crippen LogP contribution in [0.1, 0.15) is 22.3 Å². The predicted octanol–water partition coefficient (Wildman–Crippen LogP) is 2.99. The molecule has 1 heterocycles. The average Bonchev–Trinajstić information content (AvgIpc) is 2.68. The summed E-state index contributed by atoms with van der Waals surface area (Å²) in [5, 5.41) is 2.85. The molecule has 0 unspecified atom stereocenters. The molecule has 0 fully saturated rings. The molecular formula is C18H18N2O3. The third kappa shape index (κ3) is 3.18. The molecule has 1 aliphatic rings. The van der Waals surface area contributed by atoms with E-state index in [-0.39, 0.29) is 11.8 Å². The third-order valence-corrected chi connectivity index (χ3v) is 3.84. The minimum atomic E-state index is -0.187.